The SMILES string of the molecule is O=C(O)c1c(F)cc(C2CCC3(CC2)OCCO3)cc1F. The van der Waals surface area contributed by atoms with E-state index >= 15 is 0 Å². The highest BCUT2D eigenvalue weighted by atomic mass is 19.1. The lowest BCUT2D eigenvalue weighted by molar-refractivity contribution is -0.178. The van der Waals surface area contributed by atoms with E-state index in [1.807, 2.05) is 0 Å². The summed E-state index contributed by atoms with van der Waals surface area (Å²) in [6.07, 6.45) is 2.76. The van der Waals surface area contributed by atoms with Crippen molar-refractivity contribution in [1.29, 1.82) is 0 Å². The zero-order valence-electron chi connectivity index (χ0n) is 11.4. The van der Waals surface area contributed by atoms with Gasteiger partial charge in [-0.05, 0) is 36.5 Å². The molecule has 0 amide bonds. The minimum absolute atomic E-state index is 0.00438. The molecule has 0 atom stereocenters. The lowest BCUT2D eigenvalue weighted by atomic mass is 9.80. The molecule has 0 radical (unpaired) electrons. The van der Waals surface area contributed by atoms with Crippen LogP contribution in [0.4, 0.5) is 8.78 Å². The summed E-state index contributed by atoms with van der Waals surface area (Å²) in [4.78, 5) is 10.8. The highest BCUT2D eigenvalue weighted by molar-refractivity contribution is 5.88. The molecule has 4 nitrogen and oxygen atoms in total. The summed E-state index contributed by atoms with van der Waals surface area (Å²) in [6.45, 7) is 1.17. The zero-order chi connectivity index (χ0) is 15.0. The van der Waals surface area contributed by atoms with Crippen molar-refractivity contribution in [2.75, 3.05) is 13.2 Å². The maximum Gasteiger partial charge on any atom is 0.341 e. The topological polar surface area (TPSA) is 55.8 Å². The summed E-state index contributed by atoms with van der Waals surface area (Å²) in [5.74, 6) is -4.16. The summed E-state index contributed by atoms with van der Waals surface area (Å²) >= 11 is 0. The van der Waals surface area contributed by atoms with Gasteiger partial charge in [0.25, 0.3) is 0 Å². The largest absolute Gasteiger partial charge is 0.477 e. The lowest BCUT2D eigenvalue weighted by Crippen LogP contribution is -2.34. The summed E-state index contributed by atoms with van der Waals surface area (Å²) in [5, 5.41) is 8.77. The molecule has 0 bridgehead atoms. The van der Waals surface area contributed by atoms with Crippen LogP contribution >= 0.6 is 0 Å². The maximum atomic E-state index is 13.7. The van der Waals surface area contributed by atoms with E-state index < -0.39 is 29.0 Å². The molecule has 2 fully saturated rings. The number of hydrogen-bond donors (Lipinski definition) is 1. The Morgan fingerprint density at radius 3 is 2.14 bits per heavy atom. The number of carboxylic acids is 1. The van der Waals surface area contributed by atoms with Crippen LogP contribution in [0.1, 0.15) is 47.5 Å². The zero-order valence-corrected chi connectivity index (χ0v) is 11.4. The predicted octanol–water partition coefficient (Wildman–Crippen LogP) is 3.06. The number of carbonyl (C=O) groups is 1. The molecule has 1 N–H and O–H groups in total. The second kappa shape index (κ2) is 5.35. The van der Waals surface area contributed by atoms with E-state index in [4.69, 9.17) is 14.6 Å². The first-order valence-corrected chi connectivity index (χ1v) is 7.01. The molecule has 1 aliphatic carbocycles. The molecule has 21 heavy (non-hydrogen) atoms. The van der Waals surface area contributed by atoms with Crippen molar-refractivity contribution in [2.45, 2.75) is 37.4 Å². The molecule has 1 aromatic carbocycles. The van der Waals surface area contributed by atoms with Crippen LogP contribution in [-0.2, 0) is 9.47 Å². The van der Waals surface area contributed by atoms with Gasteiger partial charge in [0, 0.05) is 12.8 Å². The molecule has 0 aromatic heterocycles. The molecule has 6 heteroatoms. The van der Waals surface area contributed by atoms with Crippen LogP contribution < -0.4 is 0 Å². The maximum absolute atomic E-state index is 13.7. The van der Waals surface area contributed by atoms with Crippen LogP contribution in [0.25, 0.3) is 0 Å². The van der Waals surface area contributed by atoms with Crippen molar-refractivity contribution in [1.82, 2.24) is 0 Å². The van der Waals surface area contributed by atoms with Crippen molar-refractivity contribution in [3.63, 3.8) is 0 Å². The standard InChI is InChI=1S/C15H16F2O4/c16-11-7-10(8-12(17)13(11)14(18)19)9-1-3-15(4-2-9)20-5-6-21-15/h7-9H,1-6H2,(H,18,19). The second-order valence-corrected chi connectivity index (χ2v) is 5.55. The fourth-order valence-electron chi connectivity index (χ4n) is 3.21. The Labute approximate surface area is 120 Å². The Hall–Kier alpha value is -1.53. The molecule has 1 saturated heterocycles. The van der Waals surface area contributed by atoms with Gasteiger partial charge in [0.05, 0.1) is 13.2 Å². The first-order chi connectivity index (χ1) is 10.0. The van der Waals surface area contributed by atoms with Gasteiger partial charge in [-0.25, -0.2) is 13.6 Å². The quantitative estimate of drug-likeness (QED) is 0.911. The van der Waals surface area contributed by atoms with E-state index in [9.17, 15) is 13.6 Å². The monoisotopic (exact) mass is 298 g/mol. The molecule has 1 saturated carbocycles. The smallest absolute Gasteiger partial charge is 0.341 e. The Kier molecular flexibility index (Phi) is 3.67. The number of benzene rings is 1. The summed E-state index contributed by atoms with van der Waals surface area (Å²) < 4.78 is 38.7. The molecular formula is C15H16F2O4. The van der Waals surface area contributed by atoms with Gasteiger partial charge in [-0.15, -0.1) is 0 Å². The average Bonchev–Trinajstić information content (AvgIpc) is 2.86. The van der Waals surface area contributed by atoms with Gasteiger partial charge >= 0.3 is 5.97 Å². The third-order valence-corrected chi connectivity index (χ3v) is 4.31. The molecule has 0 unspecified atom stereocenters. The molecular weight excluding hydrogens is 282 g/mol. The summed E-state index contributed by atoms with van der Waals surface area (Å²) in [7, 11) is 0. The predicted molar refractivity (Wildman–Crippen MR) is 69.2 cm³/mol. The molecule has 1 aliphatic heterocycles. The van der Waals surface area contributed by atoms with Gasteiger partial charge in [0.1, 0.15) is 17.2 Å². The van der Waals surface area contributed by atoms with E-state index in [1.54, 1.807) is 0 Å². The first kappa shape index (κ1) is 14.4. The molecule has 1 heterocycles. The number of aromatic carboxylic acids is 1. The summed E-state index contributed by atoms with van der Waals surface area (Å²) in [6, 6.07) is 2.26. The minimum atomic E-state index is -1.59. The third-order valence-electron chi connectivity index (χ3n) is 4.31. The van der Waals surface area contributed by atoms with E-state index in [1.165, 1.54) is 0 Å². The van der Waals surface area contributed by atoms with Gasteiger partial charge in [-0.2, -0.15) is 0 Å². The van der Waals surface area contributed by atoms with Crippen molar-refractivity contribution in [3.05, 3.63) is 34.9 Å². The van der Waals surface area contributed by atoms with Crippen LogP contribution in [-0.4, -0.2) is 30.1 Å². The van der Waals surface area contributed by atoms with Gasteiger partial charge in [0.2, 0.25) is 0 Å². The second-order valence-electron chi connectivity index (χ2n) is 5.55. The lowest BCUT2D eigenvalue weighted by Gasteiger charge is -2.35. The van der Waals surface area contributed by atoms with Gasteiger partial charge in [-0.3, -0.25) is 0 Å². The van der Waals surface area contributed by atoms with Gasteiger partial charge in [0.15, 0.2) is 5.79 Å². The Morgan fingerprint density at radius 2 is 1.67 bits per heavy atom. The molecule has 1 aromatic rings. The Balaban J connectivity index is 1.78. The highest BCUT2D eigenvalue weighted by Gasteiger charge is 2.40. The normalized spacial score (nSPS) is 21.8. The van der Waals surface area contributed by atoms with Gasteiger partial charge < -0.3 is 14.6 Å². The number of rotatable bonds is 2. The first-order valence-electron chi connectivity index (χ1n) is 7.01. The van der Waals surface area contributed by atoms with Crippen molar-refractivity contribution < 1.29 is 28.2 Å². The number of halogens is 2. The highest BCUT2D eigenvalue weighted by Crippen LogP contribution is 2.42. The molecule has 2 aliphatic rings. The fraction of sp³-hybridized carbons (Fsp3) is 0.533. The fourth-order valence-corrected chi connectivity index (χ4v) is 3.21. The number of ether oxygens (including phenoxy) is 2. The summed E-state index contributed by atoms with van der Waals surface area (Å²) in [5.41, 5.74) is -0.392. The van der Waals surface area contributed by atoms with Gasteiger partial charge in [-0.1, -0.05) is 0 Å². The molecule has 3 rings (SSSR count). The minimum Gasteiger partial charge on any atom is -0.477 e. The molecule has 114 valence electrons. The van der Waals surface area contributed by atoms with E-state index in [2.05, 4.69) is 0 Å². The third kappa shape index (κ3) is 2.65. The van der Waals surface area contributed by atoms with Crippen molar-refractivity contribution in [3.8, 4) is 0 Å². The van der Waals surface area contributed by atoms with E-state index in [-0.39, 0.29) is 5.92 Å². The van der Waals surface area contributed by atoms with Crippen LogP contribution in [0, 0.1) is 11.6 Å². The van der Waals surface area contributed by atoms with Crippen LogP contribution in [0.2, 0.25) is 0 Å². The Bertz CT molecular complexity index is 534. The van der Waals surface area contributed by atoms with Crippen molar-refractivity contribution in [2.24, 2.45) is 0 Å². The molecule has 1 spiro atoms. The van der Waals surface area contributed by atoms with E-state index in [0.717, 1.165) is 12.1 Å². The van der Waals surface area contributed by atoms with Crippen LogP contribution in [0.15, 0.2) is 12.1 Å². The number of carboxylic acid groups (broad SMARTS) is 1. The van der Waals surface area contributed by atoms with Crippen LogP contribution in [0.3, 0.4) is 0 Å². The van der Waals surface area contributed by atoms with Crippen LogP contribution in [0.5, 0.6) is 0 Å². The van der Waals surface area contributed by atoms with Crippen molar-refractivity contribution >= 4 is 5.97 Å². The average molecular weight is 298 g/mol. The number of hydrogen-bond acceptors (Lipinski definition) is 3. The van der Waals surface area contributed by atoms with E-state index in [0.29, 0.717) is 44.5 Å². The Morgan fingerprint density at radius 1 is 1.14 bits per heavy atom.